The molecule has 0 fully saturated rings. The summed E-state index contributed by atoms with van der Waals surface area (Å²) >= 11 is 0. The SMILES string of the molecule is CCN=CC=C(C)NC. The van der Waals surface area contributed by atoms with E-state index in [0.717, 1.165) is 12.2 Å². The van der Waals surface area contributed by atoms with Crippen LogP contribution in [0.4, 0.5) is 0 Å². The van der Waals surface area contributed by atoms with E-state index in [0.29, 0.717) is 0 Å². The summed E-state index contributed by atoms with van der Waals surface area (Å²) < 4.78 is 0. The van der Waals surface area contributed by atoms with Crippen LogP contribution in [-0.4, -0.2) is 19.8 Å². The van der Waals surface area contributed by atoms with Crippen molar-refractivity contribution >= 4 is 6.21 Å². The maximum Gasteiger partial charge on any atom is 0.0360 e. The van der Waals surface area contributed by atoms with Crippen LogP contribution in [0.15, 0.2) is 16.8 Å². The molecule has 0 aromatic carbocycles. The lowest BCUT2D eigenvalue weighted by Crippen LogP contribution is -2.01. The highest BCUT2D eigenvalue weighted by Gasteiger charge is 1.74. The molecule has 52 valence electrons. The average Bonchev–Trinajstić information content (AvgIpc) is 1.89. The molecule has 0 aliphatic rings. The predicted octanol–water partition coefficient (Wildman–Crippen LogP) is 1.20. The Kier molecular flexibility index (Phi) is 4.88. The number of rotatable bonds is 3. The van der Waals surface area contributed by atoms with Crippen molar-refractivity contribution in [2.45, 2.75) is 13.8 Å². The van der Waals surface area contributed by atoms with Gasteiger partial charge in [-0.3, -0.25) is 4.99 Å². The summed E-state index contributed by atoms with van der Waals surface area (Å²) in [7, 11) is 1.89. The molecule has 0 aliphatic carbocycles. The minimum Gasteiger partial charge on any atom is -0.392 e. The van der Waals surface area contributed by atoms with Crippen LogP contribution in [-0.2, 0) is 0 Å². The van der Waals surface area contributed by atoms with Crippen LogP contribution in [0.5, 0.6) is 0 Å². The van der Waals surface area contributed by atoms with Crippen LogP contribution in [0.3, 0.4) is 0 Å². The predicted molar refractivity (Wildman–Crippen MR) is 41.8 cm³/mol. The number of hydrogen-bond acceptors (Lipinski definition) is 2. The first-order valence-corrected chi connectivity index (χ1v) is 3.15. The second-order valence-electron chi connectivity index (χ2n) is 1.75. The Labute approximate surface area is 56.7 Å². The van der Waals surface area contributed by atoms with Gasteiger partial charge in [-0.25, -0.2) is 0 Å². The van der Waals surface area contributed by atoms with Gasteiger partial charge < -0.3 is 5.32 Å². The maximum atomic E-state index is 4.02. The van der Waals surface area contributed by atoms with E-state index >= 15 is 0 Å². The van der Waals surface area contributed by atoms with Gasteiger partial charge in [0.1, 0.15) is 0 Å². The topological polar surface area (TPSA) is 24.4 Å². The van der Waals surface area contributed by atoms with Crippen molar-refractivity contribution in [3.8, 4) is 0 Å². The van der Waals surface area contributed by atoms with Crippen LogP contribution < -0.4 is 5.32 Å². The summed E-state index contributed by atoms with van der Waals surface area (Å²) in [5.41, 5.74) is 1.13. The lowest BCUT2D eigenvalue weighted by molar-refractivity contribution is 0.993. The van der Waals surface area contributed by atoms with Gasteiger partial charge in [0.25, 0.3) is 0 Å². The highest BCUT2D eigenvalue weighted by molar-refractivity contribution is 5.71. The van der Waals surface area contributed by atoms with Gasteiger partial charge in [-0.1, -0.05) is 0 Å². The summed E-state index contributed by atoms with van der Waals surface area (Å²) in [5, 5.41) is 2.99. The largest absolute Gasteiger partial charge is 0.392 e. The van der Waals surface area contributed by atoms with Crippen molar-refractivity contribution in [3.63, 3.8) is 0 Å². The molecule has 9 heavy (non-hydrogen) atoms. The van der Waals surface area contributed by atoms with Crippen LogP contribution in [0.25, 0.3) is 0 Å². The van der Waals surface area contributed by atoms with E-state index in [9.17, 15) is 0 Å². The van der Waals surface area contributed by atoms with Gasteiger partial charge in [0.15, 0.2) is 0 Å². The Morgan fingerprint density at radius 1 is 1.67 bits per heavy atom. The highest BCUT2D eigenvalue weighted by Crippen LogP contribution is 1.79. The molecule has 0 spiro atoms. The summed E-state index contributed by atoms with van der Waals surface area (Å²) in [5.74, 6) is 0. The first kappa shape index (κ1) is 8.21. The van der Waals surface area contributed by atoms with Crippen LogP contribution in [0, 0.1) is 0 Å². The zero-order valence-electron chi connectivity index (χ0n) is 6.31. The number of aliphatic imine (C=N–C) groups is 1. The number of nitrogens with zero attached hydrogens (tertiary/aromatic N) is 1. The van der Waals surface area contributed by atoms with Gasteiger partial charge in [-0.15, -0.1) is 0 Å². The van der Waals surface area contributed by atoms with Gasteiger partial charge in [0.05, 0.1) is 0 Å². The molecule has 0 aliphatic heterocycles. The molecule has 0 heterocycles. The van der Waals surface area contributed by atoms with E-state index in [2.05, 4.69) is 10.3 Å². The van der Waals surface area contributed by atoms with E-state index in [-0.39, 0.29) is 0 Å². The van der Waals surface area contributed by atoms with Crippen molar-refractivity contribution < 1.29 is 0 Å². The van der Waals surface area contributed by atoms with E-state index in [4.69, 9.17) is 0 Å². The zero-order valence-corrected chi connectivity index (χ0v) is 6.31. The lowest BCUT2D eigenvalue weighted by Gasteiger charge is -1.92. The Bertz CT molecular complexity index is 114. The van der Waals surface area contributed by atoms with Crippen LogP contribution in [0.1, 0.15) is 13.8 Å². The standard InChI is InChI=1S/C7H14N2/c1-4-9-6-5-7(2)8-3/h5-6,8H,4H2,1-3H3. The van der Waals surface area contributed by atoms with Crippen molar-refractivity contribution in [2.24, 2.45) is 4.99 Å². The van der Waals surface area contributed by atoms with E-state index < -0.39 is 0 Å². The Hall–Kier alpha value is -0.790. The molecule has 2 nitrogen and oxygen atoms in total. The Balaban J connectivity index is 3.55. The Morgan fingerprint density at radius 2 is 2.33 bits per heavy atom. The normalized spacial score (nSPS) is 12.6. The fraction of sp³-hybridized carbons (Fsp3) is 0.571. The smallest absolute Gasteiger partial charge is 0.0360 e. The van der Waals surface area contributed by atoms with Gasteiger partial charge in [-0.2, -0.15) is 0 Å². The molecule has 0 saturated heterocycles. The molecule has 1 N–H and O–H groups in total. The molecule has 0 aromatic rings. The van der Waals surface area contributed by atoms with Gasteiger partial charge in [0, 0.05) is 25.5 Å². The molecule has 0 radical (unpaired) electrons. The number of hydrogen-bond donors (Lipinski definition) is 1. The maximum absolute atomic E-state index is 4.02. The van der Waals surface area contributed by atoms with E-state index in [1.54, 1.807) is 0 Å². The number of nitrogens with one attached hydrogen (secondary N) is 1. The molecule has 0 amide bonds. The number of allylic oxidation sites excluding steroid dienone is 2. The van der Waals surface area contributed by atoms with Crippen molar-refractivity contribution in [1.29, 1.82) is 0 Å². The molecule has 0 aromatic heterocycles. The zero-order chi connectivity index (χ0) is 7.11. The van der Waals surface area contributed by atoms with Crippen molar-refractivity contribution in [2.75, 3.05) is 13.6 Å². The minimum absolute atomic E-state index is 0.855. The Morgan fingerprint density at radius 3 is 2.78 bits per heavy atom. The highest BCUT2D eigenvalue weighted by atomic mass is 14.8. The van der Waals surface area contributed by atoms with E-state index in [1.807, 2.05) is 33.2 Å². The monoisotopic (exact) mass is 126 g/mol. The summed E-state index contributed by atoms with van der Waals surface area (Å²) in [4.78, 5) is 4.02. The summed E-state index contributed by atoms with van der Waals surface area (Å²) in [6, 6.07) is 0. The fourth-order valence-electron chi connectivity index (χ4n) is 0.353. The first-order chi connectivity index (χ1) is 4.31. The lowest BCUT2D eigenvalue weighted by atomic mass is 10.4. The third-order valence-electron chi connectivity index (χ3n) is 1.01. The van der Waals surface area contributed by atoms with Gasteiger partial charge in [0.2, 0.25) is 0 Å². The third kappa shape index (κ3) is 5.07. The van der Waals surface area contributed by atoms with Gasteiger partial charge in [-0.05, 0) is 19.9 Å². The molecule has 0 atom stereocenters. The molecule has 0 saturated carbocycles. The molecule has 0 bridgehead atoms. The first-order valence-electron chi connectivity index (χ1n) is 3.15. The fourth-order valence-corrected chi connectivity index (χ4v) is 0.353. The minimum atomic E-state index is 0.855. The van der Waals surface area contributed by atoms with Crippen molar-refractivity contribution in [1.82, 2.24) is 5.32 Å². The van der Waals surface area contributed by atoms with Crippen LogP contribution in [0.2, 0.25) is 0 Å². The second kappa shape index (κ2) is 5.35. The quantitative estimate of drug-likeness (QED) is 0.564. The average molecular weight is 126 g/mol. The summed E-state index contributed by atoms with van der Waals surface area (Å²) in [6.45, 7) is 4.87. The molecular weight excluding hydrogens is 112 g/mol. The third-order valence-corrected chi connectivity index (χ3v) is 1.01. The summed E-state index contributed by atoms with van der Waals surface area (Å²) in [6.07, 6.45) is 3.76. The molecule has 2 heteroatoms. The second-order valence-corrected chi connectivity index (χ2v) is 1.75. The van der Waals surface area contributed by atoms with Crippen molar-refractivity contribution in [3.05, 3.63) is 11.8 Å². The molecule has 0 rings (SSSR count). The van der Waals surface area contributed by atoms with E-state index in [1.165, 1.54) is 0 Å². The van der Waals surface area contributed by atoms with Gasteiger partial charge >= 0.3 is 0 Å². The molecule has 0 unspecified atom stereocenters. The molecular formula is C7H14N2. The van der Waals surface area contributed by atoms with Crippen LogP contribution >= 0.6 is 0 Å².